The maximum Gasteiger partial charge on any atom is 0.344 e. The summed E-state index contributed by atoms with van der Waals surface area (Å²) in [4.78, 5) is 35.7. The summed E-state index contributed by atoms with van der Waals surface area (Å²) in [6, 6.07) is 10.2. The molecule has 0 saturated carbocycles. The second-order valence-corrected chi connectivity index (χ2v) is 7.77. The van der Waals surface area contributed by atoms with Gasteiger partial charge < -0.3 is 24.3 Å². The van der Waals surface area contributed by atoms with Crippen LogP contribution in [0.25, 0.3) is 0 Å². The molecule has 0 fully saturated rings. The lowest BCUT2D eigenvalue weighted by Crippen LogP contribution is -2.24. The van der Waals surface area contributed by atoms with Crippen LogP contribution in [0, 0.1) is 3.57 Å². The molecule has 2 amide bonds. The lowest BCUT2D eigenvalue weighted by molar-refractivity contribution is -0.145. The van der Waals surface area contributed by atoms with Crippen molar-refractivity contribution >= 4 is 52.3 Å². The SMILES string of the molecule is CCOC(=O)COc1c(I)cc(C=NNC(=O)CC(=O)Nc2cccc(OC)c2)cc1OCC. The number of rotatable bonds is 12. The van der Waals surface area contributed by atoms with Gasteiger partial charge in [-0.1, -0.05) is 6.07 Å². The molecule has 2 N–H and O–H groups in total. The molecule has 0 heterocycles. The van der Waals surface area contributed by atoms with Crippen molar-refractivity contribution in [1.82, 2.24) is 5.43 Å². The van der Waals surface area contributed by atoms with Gasteiger partial charge >= 0.3 is 5.97 Å². The second-order valence-electron chi connectivity index (χ2n) is 6.61. The summed E-state index contributed by atoms with van der Waals surface area (Å²) in [6.07, 6.45) is 1.01. The molecule has 34 heavy (non-hydrogen) atoms. The number of methoxy groups -OCH3 is 1. The molecule has 11 heteroatoms. The van der Waals surface area contributed by atoms with E-state index in [2.05, 4.69) is 15.8 Å². The quantitative estimate of drug-likeness (QED) is 0.129. The molecule has 0 atom stereocenters. The van der Waals surface area contributed by atoms with Crippen LogP contribution in [0.3, 0.4) is 0 Å². The van der Waals surface area contributed by atoms with Crippen molar-refractivity contribution in [2.75, 3.05) is 32.2 Å². The van der Waals surface area contributed by atoms with Gasteiger partial charge in [-0.05, 0) is 66.3 Å². The monoisotopic (exact) mass is 583 g/mol. The molecule has 0 aliphatic carbocycles. The summed E-state index contributed by atoms with van der Waals surface area (Å²) in [5.41, 5.74) is 3.46. The highest BCUT2D eigenvalue weighted by Gasteiger charge is 2.14. The zero-order valence-electron chi connectivity index (χ0n) is 19.1. The van der Waals surface area contributed by atoms with E-state index in [0.29, 0.717) is 38.7 Å². The minimum atomic E-state index is -0.578. The Bertz CT molecular complexity index is 1040. The molecule has 0 spiro atoms. The van der Waals surface area contributed by atoms with Crippen LogP contribution < -0.4 is 25.0 Å². The smallest absolute Gasteiger partial charge is 0.344 e. The Morgan fingerprint density at radius 1 is 1.06 bits per heavy atom. The fraction of sp³-hybridized carbons (Fsp3) is 0.304. The molecule has 0 aromatic heterocycles. The molecule has 2 rings (SSSR count). The molecule has 182 valence electrons. The minimum Gasteiger partial charge on any atom is -0.497 e. The lowest BCUT2D eigenvalue weighted by atomic mass is 10.2. The topological polar surface area (TPSA) is 125 Å². The van der Waals surface area contributed by atoms with Crippen molar-refractivity contribution in [3.8, 4) is 17.2 Å². The number of benzene rings is 2. The number of ether oxygens (including phenoxy) is 4. The Morgan fingerprint density at radius 2 is 1.85 bits per heavy atom. The van der Waals surface area contributed by atoms with E-state index in [9.17, 15) is 14.4 Å². The summed E-state index contributed by atoms with van der Waals surface area (Å²) in [7, 11) is 1.52. The first-order valence-corrected chi connectivity index (χ1v) is 11.4. The highest BCUT2D eigenvalue weighted by Crippen LogP contribution is 2.34. The molecule has 0 unspecified atom stereocenters. The summed E-state index contributed by atoms with van der Waals surface area (Å²) in [5, 5.41) is 6.52. The maximum absolute atomic E-state index is 12.1. The van der Waals surface area contributed by atoms with Crippen molar-refractivity contribution < 1.29 is 33.3 Å². The molecule has 0 radical (unpaired) electrons. The first-order chi connectivity index (χ1) is 16.4. The fourth-order valence-corrected chi connectivity index (χ4v) is 3.45. The number of nitrogens with one attached hydrogen (secondary N) is 2. The Balaban J connectivity index is 1.96. The van der Waals surface area contributed by atoms with Gasteiger partial charge in [-0.15, -0.1) is 0 Å². The summed E-state index contributed by atoms with van der Waals surface area (Å²) in [6.45, 7) is 3.94. The van der Waals surface area contributed by atoms with Crippen molar-refractivity contribution in [2.45, 2.75) is 20.3 Å². The largest absolute Gasteiger partial charge is 0.497 e. The standard InChI is InChI=1S/C23H26IN3O7/c1-4-32-19-10-15(9-18(24)23(19)34-14-22(30)33-5-2)13-25-27-21(29)12-20(28)26-16-7-6-8-17(11-16)31-3/h6-11,13H,4-5,12,14H2,1-3H3,(H,26,28)(H,27,29). The van der Waals surface area contributed by atoms with Crippen molar-refractivity contribution in [3.63, 3.8) is 0 Å². The van der Waals surface area contributed by atoms with Crippen molar-refractivity contribution in [1.29, 1.82) is 0 Å². The highest BCUT2D eigenvalue weighted by molar-refractivity contribution is 14.1. The third-order valence-corrected chi connectivity index (χ3v) is 4.85. The Labute approximate surface area is 211 Å². The summed E-state index contributed by atoms with van der Waals surface area (Å²) >= 11 is 2.05. The van der Waals surface area contributed by atoms with Crippen LogP contribution in [0.2, 0.25) is 0 Å². The van der Waals surface area contributed by atoms with Crippen LogP contribution in [-0.2, 0) is 19.1 Å². The Hall–Kier alpha value is -3.35. The van der Waals surface area contributed by atoms with Gasteiger partial charge in [0.25, 0.3) is 0 Å². The first kappa shape index (κ1) is 26.9. The maximum atomic E-state index is 12.1. The molecule has 2 aromatic rings. The number of esters is 1. The van der Waals surface area contributed by atoms with Crippen molar-refractivity contribution in [3.05, 3.63) is 45.5 Å². The van der Waals surface area contributed by atoms with E-state index in [0.717, 1.165) is 0 Å². The van der Waals surface area contributed by atoms with Gasteiger partial charge in [0.15, 0.2) is 18.1 Å². The van der Waals surface area contributed by atoms with E-state index in [-0.39, 0.29) is 13.2 Å². The van der Waals surface area contributed by atoms with Gasteiger partial charge in [0, 0.05) is 11.8 Å². The molecule has 2 aromatic carbocycles. The van der Waals surface area contributed by atoms with E-state index >= 15 is 0 Å². The molecule has 0 saturated heterocycles. The van der Waals surface area contributed by atoms with E-state index in [1.54, 1.807) is 43.3 Å². The molecular weight excluding hydrogens is 557 g/mol. The fourth-order valence-electron chi connectivity index (χ4n) is 2.67. The van der Waals surface area contributed by atoms with E-state index in [1.807, 2.05) is 29.5 Å². The summed E-state index contributed by atoms with van der Waals surface area (Å²) in [5.74, 6) is -0.132. The normalized spacial score (nSPS) is 10.5. The van der Waals surface area contributed by atoms with Gasteiger partial charge in [-0.3, -0.25) is 9.59 Å². The van der Waals surface area contributed by atoms with Gasteiger partial charge in [0.2, 0.25) is 11.8 Å². The third-order valence-electron chi connectivity index (χ3n) is 4.05. The zero-order valence-corrected chi connectivity index (χ0v) is 21.2. The highest BCUT2D eigenvalue weighted by atomic mass is 127. The number of hydrogen-bond acceptors (Lipinski definition) is 8. The summed E-state index contributed by atoms with van der Waals surface area (Å²) < 4.78 is 21.8. The number of halogens is 1. The number of hydrazone groups is 1. The number of carbonyl (C=O) groups is 3. The molecule has 10 nitrogen and oxygen atoms in total. The molecule has 0 aliphatic rings. The van der Waals surface area contributed by atoms with Gasteiger partial charge in [0.1, 0.15) is 12.2 Å². The predicted octanol–water partition coefficient (Wildman–Crippen LogP) is 3.12. The number of anilines is 1. The number of nitrogens with zero attached hydrogens (tertiary/aromatic N) is 1. The van der Waals surface area contributed by atoms with Gasteiger partial charge in [-0.2, -0.15) is 5.10 Å². The van der Waals surface area contributed by atoms with Crippen molar-refractivity contribution in [2.24, 2.45) is 5.10 Å². The average Bonchev–Trinajstić information content (AvgIpc) is 2.79. The van der Waals surface area contributed by atoms with Crippen LogP contribution >= 0.6 is 22.6 Å². The Morgan fingerprint density at radius 3 is 2.56 bits per heavy atom. The minimum absolute atomic E-state index is 0.245. The van der Waals surface area contributed by atoms with Crippen LogP contribution in [0.4, 0.5) is 5.69 Å². The van der Waals surface area contributed by atoms with Crippen LogP contribution in [-0.4, -0.2) is 50.9 Å². The molecule has 0 aliphatic heterocycles. The zero-order chi connectivity index (χ0) is 24.9. The number of carbonyl (C=O) groups excluding carboxylic acids is 3. The molecular formula is C23H26IN3O7. The van der Waals surface area contributed by atoms with Crippen LogP contribution in [0.15, 0.2) is 41.5 Å². The van der Waals surface area contributed by atoms with Crippen LogP contribution in [0.5, 0.6) is 17.2 Å². The third kappa shape index (κ3) is 8.89. The van der Waals surface area contributed by atoms with E-state index < -0.39 is 24.2 Å². The van der Waals surface area contributed by atoms with E-state index in [1.165, 1.54) is 13.3 Å². The lowest BCUT2D eigenvalue weighted by Gasteiger charge is -2.14. The van der Waals surface area contributed by atoms with E-state index in [4.69, 9.17) is 18.9 Å². The van der Waals surface area contributed by atoms with Crippen LogP contribution in [0.1, 0.15) is 25.8 Å². The molecule has 0 bridgehead atoms. The first-order valence-electron chi connectivity index (χ1n) is 10.4. The average molecular weight is 583 g/mol. The predicted molar refractivity (Wildman–Crippen MR) is 134 cm³/mol. The van der Waals surface area contributed by atoms with Gasteiger partial charge in [0.05, 0.1) is 30.1 Å². The number of hydrogen-bond donors (Lipinski definition) is 2. The van der Waals surface area contributed by atoms with Gasteiger partial charge in [-0.25, -0.2) is 10.2 Å². The Kier molecular flexibility index (Phi) is 11.1. The second kappa shape index (κ2) is 14.0. The number of amides is 2.